The maximum Gasteiger partial charge on any atom is 0.271 e. The van der Waals surface area contributed by atoms with E-state index in [-0.39, 0.29) is 11.6 Å². The zero-order valence-corrected chi connectivity index (χ0v) is 26.3. The molecule has 2 aliphatic rings. The lowest BCUT2D eigenvalue weighted by atomic mass is 9.83. The Balaban J connectivity index is 1.31. The van der Waals surface area contributed by atoms with Crippen molar-refractivity contribution < 1.29 is 9.47 Å². The molecular formula is C36H28Cl2N2O3S. The van der Waals surface area contributed by atoms with Gasteiger partial charge in [0.1, 0.15) is 6.61 Å². The molecule has 5 nitrogen and oxygen atoms in total. The highest BCUT2D eigenvalue weighted by Crippen LogP contribution is 2.41. The minimum absolute atomic E-state index is 0.0730. The van der Waals surface area contributed by atoms with Crippen LogP contribution in [-0.4, -0.2) is 11.2 Å². The average molecular weight is 640 g/mol. The Kier molecular flexibility index (Phi) is 7.89. The summed E-state index contributed by atoms with van der Waals surface area (Å²) in [5, 5.41) is 1.31. The first-order valence-electron chi connectivity index (χ1n) is 14.5. The molecule has 0 saturated carbocycles. The fourth-order valence-corrected chi connectivity index (χ4v) is 7.21. The lowest BCUT2D eigenvalue weighted by Crippen LogP contribution is -2.38. The summed E-state index contributed by atoms with van der Waals surface area (Å²) in [5.41, 5.74) is 7.22. The molecule has 220 valence electrons. The SMILES string of the molecule is CCOc1cc(C=c2sc3n(c2=O)C(c2ccc(Cl)cc2)C2=C(N=3)c3ccccc3CC2)ccc1OCc1ccccc1Cl. The van der Waals surface area contributed by atoms with Crippen LogP contribution in [0.3, 0.4) is 0 Å². The number of hydrogen-bond donors (Lipinski definition) is 0. The molecule has 0 saturated heterocycles. The van der Waals surface area contributed by atoms with E-state index in [0.29, 0.717) is 44.1 Å². The summed E-state index contributed by atoms with van der Waals surface area (Å²) in [6.07, 6.45) is 3.64. The molecule has 5 aromatic rings. The lowest BCUT2D eigenvalue weighted by Gasteiger charge is -2.30. The second kappa shape index (κ2) is 12.1. The fourth-order valence-electron chi connectivity index (χ4n) is 5.89. The largest absolute Gasteiger partial charge is 0.490 e. The molecule has 7 rings (SSSR count). The molecule has 1 aromatic heterocycles. The van der Waals surface area contributed by atoms with Crippen LogP contribution < -0.4 is 24.4 Å². The predicted octanol–water partition coefficient (Wildman–Crippen LogP) is 7.60. The van der Waals surface area contributed by atoms with Gasteiger partial charge in [0.15, 0.2) is 16.3 Å². The summed E-state index contributed by atoms with van der Waals surface area (Å²) in [7, 11) is 0. The van der Waals surface area contributed by atoms with E-state index in [0.717, 1.165) is 46.4 Å². The number of halogens is 2. The van der Waals surface area contributed by atoms with Crippen molar-refractivity contribution in [3.8, 4) is 11.5 Å². The van der Waals surface area contributed by atoms with Crippen LogP contribution in [-0.2, 0) is 13.0 Å². The lowest BCUT2D eigenvalue weighted by molar-refractivity contribution is 0.269. The molecule has 0 bridgehead atoms. The summed E-state index contributed by atoms with van der Waals surface area (Å²) >= 11 is 14.0. The molecule has 1 atom stereocenters. The molecule has 0 amide bonds. The van der Waals surface area contributed by atoms with Gasteiger partial charge in [0.25, 0.3) is 5.56 Å². The number of aryl methyl sites for hydroxylation is 1. The highest BCUT2D eigenvalue weighted by atomic mass is 35.5. The maximum absolute atomic E-state index is 14.1. The van der Waals surface area contributed by atoms with Crippen molar-refractivity contribution in [1.82, 2.24) is 4.57 Å². The van der Waals surface area contributed by atoms with E-state index in [1.54, 1.807) is 0 Å². The third-order valence-electron chi connectivity index (χ3n) is 7.97. The first-order valence-corrected chi connectivity index (χ1v) is 16.1. The number of rotatable bonds is 7. The quantitative estimate of drug-likeness (QED) is 0.184. The van der Waals surface area contributed by atoms with Crippen LogP contribution in [0.1, 0.15) is 47.2 Å². The highest BCUT2D eigenvalue weighted by molar-refractivity contribution is 7.07. The second-order valence-electron chi connectivity index (χ2n) is 10.7. The van der Waals surface area contributed by atoms with Crippen molar-refractivity contribution in [1.29, 1.82) is 0 Å². The third kappa shape index (κ3) is 5.38. The average Bonchev–Trinajstić information content (AvgIpc) is 3.35. The van der Waals surface area contributed by atoms with E-state index >= 15 is 0 Å². The van der Waals surface area contributed by atoms with Crippen molar-refractivity contribution in [3.63, 3.8) is 0 Å². The van der Waals surface area contributed by atoms with Gasteiger partial charge >= 0.3 is 0 Å². The summed E-state index contributed by atoms with van der Waals surface area (Å²) in [4.78, 5) is 19.9. The molecule has 1 unspecified atom stereocenters. The molecule has 0 N–H and O–H groups in total. The molecule has 0 radical (unpaired) electrons. The van der Waals surface area contributed by atoms with Gasteiger partial charge in [-0.2, -0.15) is 0 Å². The number of hydrogen-bond acceptors (Lipinski definition) is 5. The van der Waals surface area contributed by atoms with E-state index in [9.17, 15) is 4.79 Å². The van der Waals surface area contributed by atoms with Crippen LogP contribution in [0, 0.1) is 0 Å². The van der Waals surface area contributed by atoms with Gasteiger partial charge in [0.05, 0.1) is 22.9 Å². The second-order valence-corrected chi connectivity index (χ2v) is 12.5. The Hall–Kier alpha value is -4.10. The summed E-state index contributed by atoms with van der Waals surface area (Å²) in [5.74, 6) is 1.21. The standard InChI is InChI=1S/C36H28Cl2N2O3S/c1-2-42-31-19-22(11-18-30(31)43-21-25-8-4-6-10-29(25)38)20-32-35(41)40-34(24-12-15-26(37)16-13-24)28-17-14-23-7-3-5-9-27(23)33(28)39-36(40)44-32/h3-13,15-16,18-20,34H,2,14,17,21H2,1H3. The Morgan fingerprint density at radius 2 is 1.73 bits per heavy atom. The Morgan fingerprint density at radius 1 is 0.932 bits per heavy atom. The van der Waals surface area contributed by atoms with Crippen molar-refractivity contribution in [2.45, 2.75) is 32.4 Å². The monoisotopic (exact) mass is 638 g/mol. The number of aromatic nitrogens is 1. The van der Waals surface area contributed by atoms with E-state index in [2.05, 4.69) is 24.3 Å². The Labute approximate surface area is 269 Å². The number of allylic oxidation sites excluding steroid dienone is 1. The zero-order valence-electron chi connectivity index (χ0n) is 23.9. The zero-order chi connectivity index (χ0) is 30.2. The van der Waals surface area contributed by atoms with Gasteiger partial charge in [-0.1, -0.05) is 95.2 Å². The minimum atomic E-state index is -0.256. The first kappa shape index (κ1) is 28.7. The van der Waals surface area contributed by atoms with Crippen molar-refractivity contribution >= 4 is 46.3 Å². The highest BCUT2D eigenvalue weighted by Gasteiger charge is 2.32. The minimum Gasteiger partial charge on any atom is -0.490 e. The van der Waals surface area contributed by atoms with Crippen LogP contribution in [0.15, 0.2) is 106 Å². The molecular weight excluding hydrogens is 611 g/mol. The fraction of sp³-hybridized carbons (Fsp3) is 0.167. The Bertz CT molecular complexity index is 2100. The van der Waals surface area contributed by atoms with Gasteiger partial charge < -0.3 is 9.47 Å². The van der Waals surface area contributed by atoms with Gasteiger partial charge in [0, 0.05) is 21.2 Å². The van der Waals surface area contributed by atoms with E-state index in [1.165, 1.54) is 16.9 Å². The first-order chi connectivity index (χ1) is 21.5. The van der Waals surface area contributed by atoms with E-state index < -0.39 is 0 Å². The van der Waals surface area contributed by atoms with Crippen LogP contribution in [0.4, 0.5) is 0 Å². The van der Waals surface area contributed by atoms with Gasteiger partial charge in [-0.3, -0.25) is 9.36 Å². The summed E-state index contributed by atoms with van der Waals surface area (Å²) in [6.45, 7) is 2.72. The van der Waals surface area contributed by atoms with Crippen LogP contribution in [0.5, 0.6) is 11.5 Å². The molecule has 0 fully saturated rings. The van der Waals surface area contributed by atoms with Crippen LogP contribution in [0.25, 0.3) is 11.8 Å². The smallest absolute Gasteiger partial charge is 0.271 e. The summed E-state index contributed by atoms with van der Waals surface area (Å²) in [6, 6.07) is 29.3. The third-order valence-corrected chi connectivity index (χ3v) is 9.57. The number of thiazole rings is 1. The van der Waals surface area contributed by atoms with Crippen molar-refractivity contribution in [3.05, 3.63) is 154 Å². The molecule has 44 heavy (non-hydrogen) atoms. The van der Waals surface area contributed by atoms with Crippen LogP contribution >= 0.6 is 34.5 Å². The number of ether oxygens (including phenoxy) is 2. The van der Waals surface area contributed by atoms with Crippen molar-refractivity contribution in [2.24, 2.45) is 4.99 Å². The molecule has 8 heteroatoms. The van der Waals surface area contributed by atoms with Gasteiger partial charge in [-0.15, -0.1) is 0 Å². The molecule has 4 aromatic carbocycles. The van der Waals surface area contributed by atoms with Gasteiger partial charge in [-0.25, -0.2) is 4.99 Å². The number of nitrogens with zero attached hydrogens (tertiary/aromatic N) is 2. The van der Waals surface area contributed by atoms with Gasteiger partial charge in [-0.05, 0) is 78.4 Å². The molecule has 0 spiro atoms. The normalized spacial score (nSPS) is 15.7. The van der Waals surface area contributed by atoms with E-state index in [4.69, 9.17) is 37.7 Å². The molecule has 1 aliphatic carbocycles. The topological polar surface area (TPSA) is 52.8 Å². The molecule has 2 heterocycles. The molecule has 1 aliphatic heterocycles. The number of fused-ring (bicyclic) bond motifs is 3. The van der Waals surface area contributed by atoms with Crippen molar-refractivity contribution in [2.75, 3.05) is 6.61 Å². The predicted molar refractivity (Wildman–Crippen MR) is 178 cm³/mol. The van der Waals surface area contributed by atoms with Gasteiger partial charge in [0.2, 0.25) is 0 Å². The summed E-state index contributed by atoms with van der Waals surface area (Å²) < 4.78 is 14.5. The van der Waals surface area contributed by atoms with E-state index in [1.807, 2.05) is 84.3 Å². The Morgan fingerprint density at radius 3 is 2.55 bits per heavy atom. The number of benzene rings is 4. The maximum atomic E-state index is 14.1. The van der Waals surface area contributed by atoms with Crippen LogP contribution in [0.2, 0.25) is 10.0 Å².